The van der Waals surface area contributed by atoms with Crippen LogP contribution in [0.1, 0.15) is 19.4 Å². The molecule has 2 aromatic rings. The van der Waals surface area contributed by atoms with Crippen molar-refractivity contribution in [1.29, 1.82) is 0 Å². The summed E-state index contributed by atoms with van der Waals surface area (Å²) in [6.07, 6.45) is -0.406. The molecule has 22 heavy (non-hydrogen) atoms. The van der Waals surface area contributed by atoms with Crippen molar-refractivity contribution in [3.05, 3.63) is 42.0 Å². The van der Waals surface area contributed by atoms with E-state index in [-0.39, 0.29) is 0 Å². The monoisotopic (exact) mass is 295 g/mol. The van der Waals surface area contributed by atoms with Crippen LogP contribution in [0.4, 0.5) is 4.79 Å². The van der Waals surface area contributed by atoms with Gasteiger partial charge in [0.25, 0.3) is 0 Å². The van der Waals surface area contributed by atoms with Crippen molar-refractivity contribution in [2.75, 3.05) is 13.7 Å². The molecule has 0 aliphatic carbocycles. The number of carbonyl (C=O) groups is 1. The van der Waals surface area contributed by atoms with Crippen LogP contribution in [-0.2, 0) is 4.74 Å². The Labute approximate surface area is 129 Å². The Bertz CT molecular complexity index is 799. The highest BCUT2D eigenvalue weighted by Crippen LogP contribution is 2.28. The van der Waals surface area contributed by atoms with Crippen LogP contribution in [0, 0.1) is 12.0 Å². The van der Waals surface area contributed by atoms with Crippen molar-refractivity contribution in [2.45, 2.75) is 19.4 Å². The van der Waals surface area contributed by atoms with Crippen LogP contribution in [0.15, 0.2) is 36.4 Å². The summed E-state index contributed by atoms with van der Waals surface area (Å²) in [6, 6.07) is 14.8. The van der Waals surface area contributed by atoms with E-state index in [0.717, 1.165) is 16.3 Å². The summed E-state index contributed by atoms with van der Waals surface area (Å²) in [4.78, 5) is 13.2. The minimum absolute atomic E-state index is 0.340. The summed E-state index contributed by atoms with van der Waals surface area (Å²) in [5.74, 6) is 3.78. The fraction of sp³-hybridized carbons (Fsp3) is 0.278. The molecular formula is C18H17NO3. The number of ether oxygens (including phenoxy) is 2. The first-order valence-corrected chi connectivity index (χ1v) is 7.07. The molecular weight excluding hydrogens is 278 g/mol. The zero-order valence-electron chi connectivity index (χ0n) is 12.8. The molecule has 2 aromatic carbocycles. The first-order chi connectivity index (χ1) is 10.5. The molecule has 0 aromatic heterocycles. The maximum Gasteiger partial charge on any atom is 0.422 e. The van der Waals surface area contributed by atoms with Crippen LogP contribution >= 0.6 is 0 Å². The van der Waals surface area contributed by atoms with Crippen molar-refractivity contribution >= 4 is 16.9 Å². The summed E-state index contributed by atoms with van der Waals surface area (Å²) < 4.78 is 10.5. The average molecular weight is 295 g/mol. The van der Waals surface area contributed by atoms with E-state index in [9.17, 15) is 4.79 Å². The number of hydrogen-bond donors (Lipinski definition) is 0. The molecule has 0 spiro atoms. The van der Waals surface area contributed by atoms with E-state index in [1.54, 1.807) is 7.11 Å². The topological polar surface area (TPSA) is 38.8 Å². The minimum atomic E-state index is -0.429. The quantitative estimate of drug-likeness (QED) is 0.757. The van der Waals surface area contributed by atoms with E-state index in [1.165, 1.54) is 4.90 Å². The average Bonchev–Trinajstić information content (AvgIpc) is 2.78. The summed E-state index contributed by atoms with van der Waals surface area (Å²) >= 11 is 0. The lowest BCUT2D eigenvalue weighted by atomic mass is 10.0. The highest BCUT2D eigenvalue weighted by molar-refractivity contribution is 5.90. The predicted octanol–water partition coefficient (Wildman–Crippen LogP) is 3.39. The summed E-state index contributed by atoms with van der Waals surface area (Å²) in [5.41, 5.74) is 0.345. The third kappa shape index (κ3) is 2.35. The van der Waals surface area contributed by atoms with E-state index in [0.29, 0.717) is 12.4 Å². The normalized spacial score (nSPS) is 16.1. The second-order valence-electron chi connectivity index (χ2n) is 5.80. The molecule has 4 heteroatoms. The van der Waals surface area contributed by atoms with E-state index >= 15 is 0 Å². The lowest BCUT2D eigenvalue weighted by Gasteiger charge is -2.21. The Balaban J connectivity index is 2.11. The second-order valence-corrected chi connectivity index (χ2v) is 5.80. The number of methoxy groups -OCH3 is 1. The van der Waals surface area contributed by atoms with Gasteiger partial charge in [0, 0.05) is 11.4 Å². The van der Waals surface area contributed by atoms with Gasteiger partial charge in [-0.1, -0.05) is 30.3 Å². The van der Waals surface area contributed by atoms with Crippen molar-refractivity contribution in [2.24, 2.45) is 0 Å². The van der Waals surface area contributed by atoms with Crippen LogP contribution in [0.5, 0.6) is 5.75 Å². The second kappa shape index (κ2) is 5.27. The number of cyclic esters (lactones) is 1. The maximum absolute atomic E-state index is 11.8. The van der Waals surface area contributed by atoms with Crippen LogP contribution in [0.3, 0.4) is 0 Å². The number of benzene rings is 2. The Morgan fingerprint density at radius 3 is 2.68 bits per heavy atom. The van der Waals surface area contributed by atoms with Gasteiger partial charge in [0.2, 0.25) is 0 Å². The number of amides is 1. The van der Waals surface area contributed by atoms with Gasteiger partial charge in [0.05, 0.1) is 18.2 Å². The Morgan fingerprint density at radius 1 is 1.23 bits per heavy atom. The van der Waals surface area contributed by atoms with E-state index in [2.05, 4.69) is 12.0 Å². The summed E-state index contributed by atoms with van der Waals surface area (Å²) in [6.45, 7) is 4.19. The Hall–Kier alpha value is -2.67. The SMILES string of the molecule is COc1ccc2ccccc2c1C#CN1C(=O)OCC1(C)C. The molecule has 0 atom stereocenters. The highest BCUT2D eigenvalue weighted by atomic mass is 16.6. The van der Waals surface area contributed by atoms with Crippen molar-refractivity contribution in [3.63, 3.8) is 0 Å². The van der Waals surface area contributed by atoms with Gasteiger partial charge in [-0.3, -0.25) is 0 Å². The molecule has 0 radical (unpaired) electrons. The van der Waals surface area contributed by atoms with Gasteiger partial charge in [-0.05, 0) is 31.2 Å². The molecule has 0 unspecified atom stereocenters. The summed E-state index contributed by atoms with van der Waals surface area (Å²) in [5, 5.41) is 2.08. The van der Waals surface area contributed by atoms with Gasteiger partial charge >= 0.3 is 6.09 Å². The Morgan fingerprint density at radius 2 is 2.00 bits per heavy atom. The molecule has 112 valence electrons. The zero-order valence-corrected chi connectivity index (χ0v) is 12.8. The molecule has 0 bridgehead atoms. The lowest BCUT2D eigenvalue weighted by Crippen LogP contribution is -2.38. The predicted molar refractivity (Wildman–Crippen MR) is 84.6 cm³/mol. The molecule has 0 N–H and O–H groups in total. The number of carbonyl (C=O) groups excluding carboxylic acids is 1. The fourth-order valence-corrected chi connectivity index (χ4v) is 2.47. The fourth-order valence-electron chi connectivity index (χ4n) is 2.47. The van der Waals surface area contributed by atoms with Gasteiger partial charge in [0.15, 0.2) is 0 Å². The molecule has 1 aliphatic rings. The molecule has 1 aliphatic heterocycles. The third-order valence-electron chi connectivity index (χ3n) is 3.74. The van der Waals surface area contributed by atoms with Crippen molar-refractivity contribution < 1.29 is 14.3 Å². The van der Waals surface area contributed by atoms with Crippen molar-refractivity contribution in [1.82, 2.24) is 4.90 Å². The van der Waals surface area contributed by atoms with Gasteiger partial charge in [0.1, 0.15) is 12.4 Å². The molecule has 1 saturated heterocycles. The minimum Gasteiger partial charge on any atom is -0.495 e. The lowest BCUT2D eigenvalue weighted by molar-refractivity contribution is 0.167. The highest BCUT2D eigenvalue weighted by Gasteiger charge is 2.39. The molecule has 0 saturated carbocycles. The molecule has 1 fully saturated rings. The molecule has 1 amide bonds. The number of hydrogen-bond acceptors (Lipinski definition) is 3. The van der Waals surface area contributed by atoms with Gasteiger partial charge < -0.3 is 9.47 Å². The van der Waals surface area contributed by atoms with Gasteiger partial charge in [-0.2, -0.15) is 0 Å². The van der Waals surface area contributed by atoms with Crippen LogP contribution in [0.25, 0.3) is 10.8 Å². The third-order valence-corrected chi connectivity index (χ3v) is 3.74. The molecule has 4 nitrogen and oxygen atoms in total. The maximum atomic E-state index is 11.8. The summed E-state index contributed by atoms with van der Waals surface area (Å²) in [7, 11) is 1.61. The smallest absolute Gasteiger partial charge is 0.422 e. The van der Waals surface area contributed by atoms with E-state index in [1.807, 2.05) is 50.2 Å². The largest absolute Gasteiger partial charge is 0.495 e. The first kappa shape index (κ1) is 14.3. The first-order valence-electron chi connectivity index (χ1n) is 7.07. The molecule has 1 heterocycles. The van der Waals surface area contributed by atoms with E-state index < -0.39 is 11.6 Å². The standard InChI is InChI=1S/C18H17NO3/c1-18(2)12-22-17(20)19(18)11-10-15-14-7-5-4-6-13(14)8-9-16(15)21-3/h4-9H,12H2,1-3H3. The van der Waals surface area contributed by atoms with Crippen LogP contribution in [0.2, 0.25) is 0 Å². The van der Waals surface area contributed by atoms with Gasteiger partial charge in [-0.25, -0.2) is 9.69 Å². The molecule has 3 rings (SSSR count). The Kier molecular flexibility index (Phi) is 3.42. The number of fused-ring (bicyclic) bond motifs is 1. The van der Waals surface area contributed by atoms with Crippen molar-refractivity contribution in [3.8, 4) is 17.7 Å². The van der Waals surface area contributed by atoms with Crippen LogP contribution < -0.4 is 4.74 Å². The zero-order chi connectivity index (χ0) is 15.7. The van der Waals surface area contributed by atoms with E-state index in [4.69, 9.17) is 9.47 Å². The number of nitrogens with zero attached hydrogens (tertiary/aromatic N) is 1. The van der Waals surface area contributed by atoms with Crippen LogP contribution in [-0.4, -0.2) is 30.2 Å². The number of rotatable bonds is 1. The van der Waals surface area contributed by atoms with Gasteiger partial charge in [-0.15, -0.1) is 0 Å².